The van der Waals surface area contributed by atoms with Crippen LogP contribution in [0.4, 0.5) is 0 Å². The van der Waals surface area contributed by atoms with Gasteiger partial charge in [-0.2, -0.15) is 0 Å². The van der Waals surface area contributed by atoms with Crippen LogP contribution < -0.4 is 15.9 Å². The summed E-state index contributed by atoms with van der Waals surface area (Å²) in [4.78, 5) is 9.01. The number of hydrogen-bond donors (Lipinski definition) is 0. The number of nitrogens with zero attached hydrogens (tertiary/aromatic N) is 2. The van der Waals surface area contributed by atoms with Crippen molar-refractivity contribution in [1.29, 1.82) is 0 Å². The molecule has 0 atom stereocenters. The lowest BCUT2D eigenvalue weighted by molar-refractivity contribution is 0.592. The summed E-state index contributed by atoms with van der Waals surface area (Å²) in [6.45, 7) is 0. The molecule has 0 amide bonds. The van der Waals surface area contributed by atoms with Crippen molar-refractivity contribution in [2.45, 2.75) is 10.8 Å². The van der Waals surface area contributed by atoms with Crippen LogP contribution in [-0.2, 0) is 15.4 Å². The highest BCUT2D eigenvalue weighted by Gasteiger charge is 2.49. The molecule has 2 aliphatic rings. The van der Waals surface area contributed by atoms with Crippen molar-refractivity contribution in [3.05, 3.63) is 318 Å². The molecule has 2 heterocycles. The van der Waals surface area contributed by atoms with Gasteiger partial charge in [0.05, 0.1) is 10.8 Å². The summed E-state index contributed by atoms with van der Waals surface area (Å²) >= 11 is 0. The van der Waals surface area contributed by atoms with E-state index in [1.807, 2.05) is 67.3 Å². The minimum Gasteiger partial charge on any atom is -0.309 e. The molecule has 0 radical (unpaired) electrons. The van der Waals surface area contributed by atoms with Gasteiger partial charge in [-0.1, -0.05) is 212 Å². The summed E-state index contributed by atoms with van der Waals surface area (Å²) in [7, 11) is -3.64. The first-order valence-corrected chi connectivity index (χ1v) is 25.6. The van der Waals surface area contributed by atoms with E-state index in [0.717, 1.165) is 93.8 Å². The summed E-state index contributed by atoms with van der Waals surface area (Å²) in [6.07, 6.45) is 7.51. The number of rotatable bonds is 9. The van der Waals surface area contributed by atoms with Crippen molar-refractivity contribution in [2.24, 2.45) is 0 Å². The molecular formula is C66H45N2OP. The zero-order valence-corrected chi connectivity index (χ0v) is 39.1. The van der Waals surface area contributed by atoms with Gasteiger partial charge >= 0.3 is 0 Å². The van der Waals surface area contributed by atoms with Crippen LogP contribution in [0.2, 0.25) is 0 Å². The summed E-state index contributed by atoms with van der Waals surface area (Å²) < 4.78 is 17.4. The third-order valence-corrected chi connectivity index (χ3v) is 17.9. The van der Waals surface area contributed by atoms with E-state index in [4.69, 9.17) is 0 Å². The van der Waals surface area contributed by atoms with Crippen molar-refractivity contribution < 1.29 is 4.57 Å². The quantitative estimate of drug-likeness (QED) is 0.136. The molecule has 0 bridgehead atoms. The zero-order valence-electron chi connectivity index (χ0n) is 38.2. The smallest absolute Gasteiger partial charge is 0.171 e. The molecule has 0 aliphatic heterocycles. The van der Waals surface area contributed by atoms with Gasteiger partial charge in [0.1, 0.15) is 0 Å². The number of hydrogen-bond acceptors (Lipinski definition) is 3. The molecule has 11 aromatic rings. The van der Waals surface area contributed by atoms with E-state index >= 15 is 4.57 Å². The summed E-state index contributed by atoms with van der Waals surface area (Å²) in [6, 6.07) is 88.8. The fourth-order valence-corrected chi connectivity index (χ4v) is 14.5. The Bertz CT molecular complexity index is 3460. The van der Waals surface area contributed by atoms with Crippen molar-refractivity contribution in [1.82, 2.24) is 9.97 Å². The predicted molar refractivity (Wildman–Crippen MR) is 287 cm³/mol. The lowest BCUT2D eigenvalue weighted by atomic mass is 9.67. The normalized spacial score (nSPS) is 13.7. The maximum Gasteiger partial charge on any atom is 0.171 e. The van der Waals surface area contributed by atoms with Gasteiger partial charge in [-0.3, -0.25) is 9.97 Å². The Labute approximate surface area is 408 Å². The molecule has 0 N–H and O–H groups in total. The van der Waals surface area contributed by atoms with Gasteiger partial charge in [-0.15, -0.1) is 0 Å². The highest BCUT2D eigenvalue weighted by molar-refractivity contribution is 7.85. The number of benzene rings is 9. The van der Waals surface area contributed by atoms with E-state index in [1.165, 1.54) is 11.1 Å². The SMILES string of the molecule is O=P(c1ccccc1)(c1ccc2c(c1)C(c1ccccc1)(c1ccccc1)c1cc(-c3cccnc3)ccc1-2)c1ccc2c(c1)C(c1ccccc1)(c1ccccc1)c1cc(-c3cccnc3)ccc1-2. The molecule has 2 aliphatic carbocycles. The Hall–Kier alpha value is -8.49. The zero-order chi connectivity index (χ0) is 46.7. The van der Waals surface area contributed by atoms with E-state index in [-0.39, 0.29) is 0 Å². The first-order chi connectivity index (χ1) is 34.6. The van der Waals surface area contributed by atoms with E-state index in [2.05, 4.69) is 216 Å². The minimum absolute atomic E-state index is 0.732. The average molecular weight is 913 g/mol. The second-order valence-corrected chi connectivity index (χ2v) is 21.1. The first kappa shape index (κ1) is 41.7. The van der Waals surface area contributed by atoms with Gasteiger partial charge in [0, 0.05) is 40.7 Å². The van der Waals surface area contributed by atoms with Gasteiger partial charge in [-0.05, 0) is 125 Å². The monoisotopic (exact) mass is 912 g/mol. The van der Waals surface area contributed by atoms with Crippen LogP contribution in [0.5, 0.6) is 0 Å². The topological polar surface area (TPSA) is 42.9 Å². The van der Waals surface area contributed by atoms with Crippen molar-refractivity contribution >= 4 is 23.1 Å². The highest BCUT2D eigenvalue weighted by atomic mass is 31.2. The van der Waals surface area contributed by atoms with Crippen LogP contribution in [0.25, 0.3) is 44.5 Å². The number of fused-ring (bicyclic) bond motifs is 6. The standard InChI is InChI=1S/C66H45N2OP/c69-70(54-28-14-5-15-29-54,55-32-36-59-57-34-30-46(48-18-16-38-67-44-48)40-61(57)65(63(59)42-55,50-20-6-1-7-21-50)51-22-8-2-9-23-51)56-33-37-60-58-35-31-47(49-19-17-39-68-45-49)41-62(58)66(64(60)43-56,52-24-10-3-11-25-52)53-26-12-4-13-27-53/h1-45H. The van der Waals surface area contributed by atoms with Gasteiger partial charge in [0.25, 0.3) is 0 Å². The van der Waals surface area contributed by atoms with E-state index in [1.54, 1.807) is 0 Å². The third-order valence-electron chi connectivity index (χ3n) is 14.9. The molecule has 0 unspecified atom stereocenters. The Kier molecular flexibility index (Phi) is 9.90. The molecule has 0 saturated carbocycles. The molecule has 13 rings (SSSR count). The number of aromatic nitrogens is 2. The fraction of sp³-hybridized carbons (Fsp3) is 0.0303. The highest BCUT2D eigenvalue weighted by Crippen LogP contribution is 2.60. The molecule has 9 aromatic carbocycles. The predicted octanol–water partition coefficient (Wildman–Crippen LogP) is 14.2. The largest absolute Gasteiger partial charge is 0.309 e. The van der Waals surface area contributed by atoms with Crippen LogP contribution in [0, 0.1) is 0 Å². The number of pyridine rings is 2. The van der Waals surface area contributed by atoms with Crippen molar-refractivity contribution in [2.75, 3.05) is 0 Å². The molecular weight excluding hydrogens is 868 g/mol. The maximum atomic E-state index is 17.4. The fourth-order valence-electron chi connectivity index (χ4n) is 11.9. The molecule has 0 saturated heterocycles. The Morgan fingerprint density at radius 1 is 0.286 bits per heavy atom. The Morgan fingerprint density at radius 2 is 0.614 bits per heavy atom. The lowest BCUT2D eigenvalue weighted by Crippen LogP contribution is -2.32. The Balaban J connectivity index is 1.08. The summed E-state index contributed by atoms with van der Waals surface area (Å²) in [5.74, 6) is 0. The van der Waals surface area contributed by atoms with E-state index < -0.39 is 18.0 Å². The van der Waals surface area contributed by atoms with Crippen LogP contribution in [-0.4, -0.2) is 9.97 Å². The average Bonchev–Trinajstić information content (AvgIpc) is 3.91. The van der Waals surface area contributed by atoms with E-state index in [9.17, 15) is 0 Å². The minimum atomic E-state index is -3.64. The van der Waals surface area contributed by atoms with Crippen LogP contribution >= 0.6 is 7.14 Å². The van der Waals surface area contributed by atoms with Crippen LogP contribution in [0.1, 0.15) is 44.5 Å². The lowest BCUT2D eigenvalue weighted by Gasteiger charge is -2.35. The second-order valence-electron chi connectivity index (χ2n) is 18.4. The van der Waals surface area contributed by atoms with Gasteiger partial charge < -0.3 is 4.57 Å². The van der Waals surface area contributed by atoms with Crippen molar-refractivity contribution in [3.63, 3.8) is 0 Å². The first-order valence-electron chi connectivity index (χ1n) is 23.9. The van der Waals surface area contributed by atoms with E-state index in [0.29, 0.717) is 0 Å². The summed E-state index contributed by atoms with van der Waals surface area (Å²) in [5.41, 5.74) is 16.6. The van der Waals surface area contributed by atoms with Gasteiger partial charge in [0.2, 0.25) is 0 Å². The van der Waals surface area contributed by atoms with Gasteiger partial charge in [0.15, 0.2) is 7.14 Å². The second kappa shape index (κ2) is 16.6. The van der Waals surface area contributed by atoms with Gasteiger partial charge in [-0.25, -0.2) is 0 Å². The molecule has 330 valence electrons. The maximum absolute atomic E-state index is 17.4. The molecule has 0 spiro atoms. The molecule has 70 heavy (non-hydrogen) atoms. The van der Waals surface area contributed by atoms with Crippen LogP contribution in [0.15, 0.2) is 274 Å². The molecule has 0 fully saturated rings. The third kappa shape index (κ3) is 6.18. The molecule has 2 aromatic heterocycles. The van der Waals surface area contributed by atoms with Crippen LogP contribution in [0.3, 0.4) is 0 Å². The van der Waals surface area contributed by atoms with Crippen molar-refractivity contribution in [3.8, 4) is 44.5 Å². The Morgan fingerprint density at radius 3 is 0.957 bits per heavy atom. The molecule has 3 nitrogen and oxygen atoms in total. The summed E-state index contributed by atoms with van der Waals surface area (Å²) in [5, 5.41) is 2.36. The molecule has 4 heteroatoms.